The molecule has 22 heavy (non-hydrogen) atoms. The summed E-state index contributed by atoms with van der Waals surface area (Å²) in [6.45, 7) is 6.00. The average molecular weight is 307 g/mol. The number of rotatable bonds is 7. The smallest absolute Gasteiger partial charge is 0.407 e. The molecule has 5 nitrogen and oxygen atoms in total. The number of alkyl carbamates (subject to hydrolysis) is 1. The number of hydrogen-bond acceptors (Lipinski definition) is 3. The topological polar surface area (TPSA) is 75.6 Å². The monoisotopic (exact) mass is 307 g/mol. The van der Waals surface area contributed by atoms with Crippen molar-refractivity contribution >= 4 is 12.1 Å². The van der Waals surface area contributed by atoms with Crippen molar-refractivity contribution in [2.75, 3.05) is 6.54 Å². The van der Waals surface area contributed by atoms with Crippen LogP contribution in [-0.2, 0) is 22.4 Å². The van der Waals surface area contributed by atoms with Gasteiger partial charge in [-0.15, -0.1) is 0 Å². The Morgan fingerprint density at radius 1 is 1.14 bits per heavy atom. The maximum absolute atomic E-state index is 11.5. The standard InChI is InChI=1S/C17H25NO4/c1-17(2,3)22-16(21)18-12-6-9-13-7-4-5-8-14(13)10-11-15(19)20/h4-5,7-8H,6,9-12H2,1-3H3,(H,18,21)(H,19,20). The first-order chi connectivity index (χ1) is 10.3. The quantitative estimate of drug-likeness (QED) is 0.759. The van der Waals surface area contributed by atoms with E-state index in [0.717, 1.165) is 24.0 Å². The minimum atomic E-state index is -0.790. The Labute approximate surface area is 131 Å². The van der Waals surface area contributed by atoms with Gasteiger partial charge in [-0.1, -0.05) is 24.3 Å². The van der Waals surface area contributed by atoms with Gasteiger partial charge in [-0.25, -0.2) is 4.79 Å². The second-order valence-corrected chi connectivity index (χ2v) is 6.19. The van der Waals surface area contributed by atoms with Crippen molar-refractivity contribution < 1.29 is 19.4 Å². The van der Waals surface area contributed by atoms with E-state index in [1.165, 1.54) is 0 Å². The number of carboxylic acid groups (broad SMARTS) is 1. The zero-order valence-electron chi connectivity index (χ0n) is 13.5. The summed E-state index contributed by atoms with van der Waals surface area (Å²) in [5.74, 6) is -0.790. The Kier molecular flexibility index (Phi) is 6.89. The van der Waals surface area contributed by atoms with Crippen LogP contribution in [0.15, 0.2) is 24.3 Å². The molecule has 0 radical (unpaired) electrons. The van der Waals surface area contributed by atoms with E-state index in [1.807, 2.05) is 45.0 Å². The van der Waals surface area contributed by atoms with E-state index in [0.29, 0.717) is 13.0 Å². The van der Waals surface area contributed by atoms with Gasteiger partial charge < -0.3 is 15.2 Å². The molecule has 1 aromatic rings. The summed E-state index contributed by atoms with van der Waals surface area (Å²) in [6.07, 6.45) is 1.83. The molecule has 0 spiro atoms. The van der Waals surface area contributed by atoms with Crippen molar-refractivity contribution in [2.45, 2.75) is 52.1 Å². The number of nitrogens with one attached hydrogen (secondary N) is 1. The summed E-state index contributed by atoms with van der Waals surface area (Å²) < 4.78 is 5.16. The first-order valence-corrected chi connectivity index (χ1v) is 7.53. The van der Waals surface area contributed by atoms with Crippen LogP contribution in [0.4, 0.5) is 4.79 Å². The third kappa shape index (κ3) is 7.67. The average Bonchev–Trinajstić information content (AvgIpc) is 2.40. The number of carbonyl (C=O) groups is 2. The minimum Gasteiger partial charge on any atom is -0.481 e. The highest BCUT2D eigenvalue weighted by atomic mass is 16.6. The van der Waals surface area contributed by atoms with Crippen molar-refractivity contribution in [1.82, 2.24) is 5.32 Å². The molecule has 0 bridgehead atoms. The van der Waals surface area contributed by atoms with Gasteiger partial charge in [0.2, 0.25) is 0 Å². The second-order valence-electron chi connectivity index (χ2n) is 6.19. The van der Waals surface area contributed by atoms with Crippen molar-refractivity contribution in [2.24, 2.45) is 0 Å². The Hall–Kier alpha value is -2.04. The van der Waals surface area contributed by atoms with Gasteiger partial charge >= 0.3 is 12.1 Å². The lowest BCUT2D eigenvalue weighted by Gasteiger charge is -2.19. The van der Waals surface area contributed by atoms with Crippen LogP contribution in [0.3, 0.4) is 0 Å². The van der Waals surface area contributed by atoms with E-state index >= 15 is 0 Å². The van der Waals surface area contributed by atoms with Gasteiger partial charge in [0, 0.05) is 13.0 Å². The number of carboxylic acids is 1. The second kappa shape index (κ2) is 8.41. The Balaban J connectivity index is 2.39. The normalized spacial score (nSPS) is 11.0. The summed E-state index contributed by atoms with van der Waals surface area (Å²) in [5.41, 5.74) is 1.70. The van der Waals surface area contributed by atoms with Gasteiger partial charge in [-0.05, 0) is 51.2 Å². The Bertz CT molecular complexity index is 506. The Morgan fingerprint density at radius 3 is 2.27 bits per heavy atom. The van der Waals surface area contributed by atoms with Crippen molar-refractivity contribution in [3.05, 3.63) is 35.4 Å². The maximum Gasteiger partial charge on any atom is 0.407 e. The van der Waals surface area contributed by atoms with Gasteiger partial charge in [0.15, 0.2) is 0 Å². The van der Waals surface area contributed by atoms with Crippen molar-refractivity contribution in [1.29, 1.82) is 0 Å². The van der Waals surface area contributed by atoms with Crippen LogP contribution in [-0.4, -0.2) is 29.3 Å². The highest BCUT2D eigenvalue weighted by Crippen LogP contribution is 2.13. The zero-order chi connectivity index (χ0) is 16.6. The van der Waals surface area contributed by atoms with E-state index < -0.39 is 17.7 Å². The van der Waals surface area contributed by atoms with Gasteiger partial charge in [0.25, 0.3) is 0 Å². The van der Waals surface area contributed by atoms with E-state index in [2.05, 4.69) is 5.32 Å². The van der Waals surface area contributed by atoms with Gasteiger partial charge in [0.05, 0.1) is 0 Å². The number of carbonyl (C=O) groups excluding carboxylic acids is 1. The molecule has 1 amide bonds. The van der Waals surface area contributed by atoms with Crippen molar-refractivity contribution in [3.63, 3.8) is 0 Å². The van der Waals surface area contributed by atoms with Crippen LogP contribution in [0.1, 0.15) is 44.7 Å². The molecule has 2 N–H and O–H groups in total. The molecule has 5 heteroatoms. The van der Waals surface area contributed by atoms with Crippen LogP contribution in [0.2, 0.25) is 0 Å². The maximum atomic E-state index is 11.5. The molecule has 0 saturated carbocycles. The van der Waals surface area contributed by atoms with Gasteiger partial charge in [-0.2, -0.15) is 0 Å². The van der Waals surface area contributed by atoms with Crippen LogP contribution in [0.25, 0.3) is 0 Å². The summed E-state index contributed by atoms with van der Waals surface area (Å²) in [4.78, 5) is 22.2. The SMILES string of the molecule is CC(C)(C)OC(=O)NCCCc1ccccc1CCC(=O)O. The predicted molar refractivity (Wildman–Crippen MR) is 85.0 cm³/mol. The van der Waals surface area contributed by atoms with E-state index in [9.17, 15) is 9.59 Å². The highest BCUT2D eigenvalue weighted by Gasteiger charge is 2.15. The molecule has 0 fully saturated rings. The molecule has 1 aromatic carbocycles. The molecular weight excluding hydrogens is 282 g/mol. The van der Waals surface area contributed by atoms with E-state index in [1.54, 1.807) is 0 Å². The summed E-state index contributed by atoms with van der Waals surface area (Å²) in [6, 6.07) is 7.82. The Morgan fingerprint density at radius 2 is 1.73 bits per heavy atom. The molecule has 1 rings (SSSR count). The number of aryl methyl sites for hydroxylation is 2. The predicted octanol–water partition coefficient (Wildman–Crippen LogP) is 3.16. The fourth-order valence-electron chi connectivity index (χ4n) is 2.07. The van der Waals surface area contributed by atoms with E-state index in [-0.39, 0.29) is 6.42 Å². The number of hydrogen-bond donors (Lipinski definition) is 2. The van der Waals surface area contributed by atoms with Crippen LogP contribution in [0.5, 0.6) is 0 Å². The zero-order valence-corrected chi connectivity index (χ0v) is 13.5. The van der Waals surface area contributed by atoms with E-state index in [4.69, 9.17) is 9.84 Å². The summed E-state index contributed by atoms with van der Waals surface area (Å²) in [7, 11) is 0. The first kappa shape index (κ1) is 18.0. The van der Waals surface area contributed by atoms with Crippen molar-refractivity contribution in [3.8, 4) is 0 Å². The third-order valence-electron chi connectivity index (χ3n) is 3.02. The summed E-state index contributed by atoms with van der Waals surface area (Å²) in [5, 5.41) is 11.5. The molecule has 0 aliphatic heterocycles. The number of ether oxygens (including phenoxy) is 1. The van der Waals surface area contributed by atoms with Gasteiger partial charge in [-0.3, -0.25) is 4.79 Å². The molecular formula is C17H25NO4. The number of amides is 1. The fourth-order valence-corrected chi connectivity index (χ4v) is 2.07. The fraction of sp³-hybridized carbons (Fsp3) is 0.529. The molecule has 0 atom stereocenters. The summed E-state index contributed by atoms with van der Waals surface area (Å²) >= 11 is 0. The first-order valence-electron chi connectivity index (χ1n) is 7.53. The third-order valence-corrected chi connectivity index (χ3v) is 3.02. The van der Waals surface area contributed by atoms with Crippen LogP contribution in [0, 0.1) is 0 Å². The van der Waals surface area contributed by atoms with Crippen LogP contribution < -0.4 is 5.32 Å². The molecule has 122 valence electrons. The lowest BCUT2D eigenvalue weighted by molar-refractivity contribution is -0.136. The molecule has 0 heterocycles. The highest BCUT2D eigenvalue weighted by molar-refractivity contribution is 5.67. The number of aliphatic carboxylic acids is 1. The molecule has 0 aromatic heterocycles. The molecule has 0 unspecified atom stereocenters. The minimum absolute atomic E-state index is 0.132. The molecule has 0 aliphatic carbocycles. The molecule has 0 saturated heterocycles. The van der Waals surface area contributed by atoms with Crippen LogP contribution >= 0.6 is 0 Å². The lowest BCUT2D eigenvalue weighted by Crippen LogP contribution is -2.33. The molecule has 0 aliphatic rings. The largest absolute Gasteiger partial charge is 0.481 e. The van der Waals surface area contributed by atoms with Gasteiger partial charge in [0.1, 0.15) is 5.60 Å². The number of benzene rings is 1. The lowest BCUT2D eigenvalue weighted by atomic mass is 9.99.